The fourth-order valence-electron chi connectivity index (χ4n) is 2.54. The third-order valence-corrected chi connectivity index (χ3v) is 4.30. The summed E-state index contributed by atoms with van der Waals surface area (Å²) in [5.41, 5.74) is 7.18. The van der Waals surface area contributed by atoms with Gasteiger partial charge in [0, 0.05) is 24.2 Å². The van der Waals surface area contributed by atoms with Gasteiger partial charge in [0.15, 0.2) is 0 Å². The number of nitrogens with two attached hydrogens (primary N) is 2. The van der Waals surface area contributed by atoms with Crippen LogP contribution in [0.2, 0.25) is 0 Å². The van der Waals surface area contributed by atoms with Crippen LogP contribution < -0.4 is 21.3 Å². The fraction of sp³-hybridized carbons (Fsp3) is 0.368. The summed E-state index contributed by atoms with van der Waals surface area (Å²) in [5.74, 6) is 6.09. The van der Waals surface area contributed by atoms with Crippen molar-refractivity contribution < 1.29 is 14.2 Å². The predicted octanol–water partition coefficient (Wildman–Crippen LogP) is 2.28. The van der Waals surface area contributed by atoms with E-state index < -0.39 is 5.60 Å². The Bertz CT molecular complexity index is 829. The lowest BCUT2D eigenvalue weighted by Crippen LogP contribution is -2.27. The minimum absolute atomic E-state index is 0.0340. The summed E-state index contributed by atoms with van der Waals surface area (Å²) in [4.78, 5) is 8.08. The first-order chi connectivity index (χ1) is 12.7. The standard InChI is InChI=1S/C19H24FN5O2/c1-19(2,26)13-8-23-18(24-9-13)27-11-14(21)10-25(22)15-5-6-17(20)16(7-15)12-3-4-12/h5-10,12,26H,3-4,11,21-22H2,1-2H3/b14-10-. The summed E-state index contributed by atoms with van der Waals surface area (Å²) < 4.78 is 19.3. The van der Waals surface area contributed by atoms with Crippen LogP contribution in [0, 0.1) is 5.82 Å². The van der Waals surface area contributed by atoms with E-state index in [4.69, 9.17) is 16.3 Å². The molecule has 1 aromatic carbocycles. The minimum Gasteiger partial charge on any atom is -0.457 e. The monoisotopic (exact) mass is 373 g/mol. The summed E-state index contributed by atoms with van der Waals surface area (Å²) in [7, 11) is 0. The van der Waals surface area contributed by atoms with E-state index in [2.05, 4.69) is 9.97 Å². The van der Waals surface area contributed by atoms with Crippen LogP contribution in [-0.4, -0.2) is 21.7 Å². The van der Waals surface area contributed by atoms with Crippen LogP contribution in [0.4, 0.5) is 10.1 Å². The van der Waals surface area contributed by atoms with Gasteiger partial charge in [-0.25, -0.2) is 20.2 Å². The van der Waals surface area contributed by atoms with Crippen LogP contribution in [0.3, 0.4) is 0 Å². The summed E-state index contributed by atoms with van der Waals surface area (Å²) >= 11 is 0. The molecule has 0 atom stereocenters. The first kappa shape index (κ1) is 19.1. The van der Waals surface area contributed by atoms with Gasteiger partial charge in [0.05, 0.1) is 17.0 Å². The molecular weight excluding hydrogens is 349 g/mol. The van der Waals surface area contributed by atoms with Gasteiger partial charge in [0.1, 0.15) is 12.4 Å². The van der Waals surface area contributed by atoms with Gasteiger partial charge in [0.25, 0.3) is 0 Å². The van der Waals surface area contributed by atoms with Crippen LogP contribution >= 0.6 is 0 Å². The van der Waals surface area contributed by atoms with Crippen LogP contribution in [0.15, 0.2) is 42.5 Å². The molecule has 8 heteroatoms. The molecule has 1 aromatic heterocycles. The molecule has 27 heavy (non-hydrogen) atoms. The van der Waals surface area contributed by atoms with Crippen molar-refractivity contribution in [2.24, 2.45) is 11.6 Å². The van der Waals surface area contributed by atoms with Gasteiger partial charge in [-0.2, -0.15) is 0 Å². The lowest BCUT2D eigenvalue weighted by Gasteiger charge is -2.17. The van der Waals surface area contributed by atoms with E-state index >= 15 is 0 Å². The van der Waals surface area contributed by atoms with Crippen LogP contribution in [-0.2, 0) is 5.60 Å². The number of hydrogen-bond acceptors (Lipinski definition) is 7. The molecule has 2 aromatic rings. The van der Waals surface area contributed by atoms with Crippen molar-refractivity contribution in [1.82, 2.24) is 9.97 Å². The van der Waals surface area contributed by atoms with E-state index in [0.717, 1.165) is 12.8 Å². The minimum atomic E-state index is -1.02. The molecule has 5 N–H and O–H groups in total. The Morgan fingerprint density at radius 2 is 2.04 bits per heavy atom. The van der Waals surface area contributed by atoms with Crippen molar-refractivity contribution in [2.45, 2.75) is 38.2 Å². The van der Waals surface area contributed by atoms with Crippen molar-refractivity contribution in [3.05, 3.63) is 59.4 Å². The Morgan fingerprint density at radius 1 is 1.37 bits per heavy atom. The quantitative estimate of drug-likeness (QED) is 0.504. The van der Waals surface area contributed by atoms with Gasteiger partial charge < -0.3 is 15.6 Å². The molecule has 0 amide bonds. The molecule has 0 spiro atoms. The molecule has 0 bridgehead atoms. The molecule has 1 aliphatic carbocycles. The number of halogens is 1. The Morgan fingerprint density at radius 3 is 2.63 bits per heavy atom. The van der Waals surface area contributed by atoms with Gasteiger partial charge in [-0.3, -0.25) is 5.01 Å². The number of nitrogens with zero attached hydrogens (tertiary/aromatic N) is 3. The number of anilines is 1. The third-order valence-electron chi connectivity index (χ3n) is 4.30. The van der Waals surface area contributed by atoms with Crippen molar-refractivity contribution >= 4 is 5.69 Å². The molecule has 1 saturated carbocycles. The molecule has 1 aliphatic rings. The number of benzene rings is 1. The molecule has 1 fully saturated rings. The number of rotatable bonds is 7. The average Bonchev–Trinajstić information content (AvgIpc) is 3.45. The molecule has 0 aliphatic heterocycles. The van der Waals surface area contributed by atoms with E-state index in [1.54, 1.807) is 26.0 Å². The highest BCUT2D eigenvalue weighted by Gasteiger charge is 2.27. The number of ether oxygens (including phenoxy) is 1. The Hall–Kier alpha value is -2.71. The summed E-state index contributed by atoms with van der Waals surface area (Å²) in [5, 5.41) is 11.2. The smallest absolute Gasteiger partial charge is 0.316 e. The molecule has 3 rings (SSSR count). The zero-order chi connectivity index (χ0) is 19.6. The summed E-state index contributed by atoms with van der Waals surface area (Å²) in [6.07, 6.45) is 6.51. The largest absolute Gasteiger partial charge is 0.457 e. The first-order valence-electron chi connectivity index (χ1n) is 8.71. The zero-order valence-electron chi connectivity index (χ0n) is 15.4. The second kappa shape index (κ2) is 7.50. The summed E-state index contributed by atoms with van der Waals surface area (Å²) in [6.45, 7) is 3.33. The SMILES string of the molecule is CC(C)(O)c1cnc(OC/C(N)=C/N(N)c2ccc(F)c(C3CC3)c2)nc1. The average molecular weight is 373 g/mol. The van der Waals surface area contributed by atoms with E-state index in [1.807, 2.05) is 0 Å². The Kier molecular flexibility index (Phi) is 5.29. The zero-order valence-corrected chi connectivity index (χ0v) is 15.4. The van der Waals surface area contributed by atoms with E-state index in [1.165, 1.54) is 29.7 Å². The Balaban J connectivity index is 1.61. The maximum Gasteiger partial charge on any atom is 0.316 e. The van der Waals surface area contributed by atoms with Crippen molar-refractivity contribution in [2.75, 3.05) is 11.6 Å². The van der Waals surface area contributed by atoms with Gasteiger partial charge in [-0.15, -0.1) is 0 Å². The second-order valence-electron chi connectivity index (χ2n) is 7.19. The highest BCUT2D eigenvalue weighted by molar-refractivity contribution is 5.51. The van der Waals surface area contributed by atoms with Gasteiger partial charge in [-0.05, 0) is 56.4 Å². The maximum atomic E-state index is 13.8. The Labute approximate surface area is 157 Å². The van der Waals surface area contributed by atoms with E-state index in [0.29, 0.717) is 22.5 Å². The molecule has 0 radical (unpaired) electrons. The first-order valence-corrected chi connectivity index (χ1v) is 8.71. The van der Waals surface area contributed by atoms with Crippen LogP contribution in [0.5, 0.6) is 6.01 Å². The fourth-order valence-corrected chi connectivity index (χ4v) is 2.54. The van der Waals surface area contributed by atoms with Crippen molar-refractivity contribution in [3.63, 3.8) is 0 Å². The molecule has 0 unspecified atom stereocenters. The van der Waals surface area contributed by atoms with E-state index in [-0.39, 0.29) is 24.4 Å². The molecule has 0 saturated heterocycles. The topological polar surface area (TPSA) is 111 Å². The highest BCUT2D eigenvalue weighted by Crippen LogP contribution is 2.42. The van der Waals surface area contributed by atoms with E-state index in [9.17, 15) is 9.50 Å². The number of hydrogen-bond donors (Lipinski definition) is 3. The number of aromatic nitrogens is 2. The normalized spacial score (nSPS) is 14.9. The lowest BCUT2D eigenvalue weighted by molar-refractivity contribution is 0.0776. The second-order valence-corrected chi connectivity index (χ2v) is 7.19. The van der Waals surface area contributed by atoms with Gasteiger partial charge >= 0.3 is 6.01 Å². The lowest BCUT2D eigenvalue weighted by atomic mass is 10.0. The number of aliphatic hydroxyl groups is 1. The predicted molar refractivity (Wildman–Crippen MR) is 100 cm³/mol. The molecule has 1 heterocycles. The number of hydrazine groups is 1. The molecular formula is C19H24FN5O2. The van der Waals surface area contributed by atoms with Gasteiger partial charge in [0.2, 0.25) is 0 Å². The van der Waals surface area contributed by atoms with Crippen molar-refractivity contribution in [1.29, 1.82) is 0 Å². The third kappa shape index (κ3) is 4.93. The van der Waals surface area contributed by atoms with Gasteiger partial charge in [-0.1, -0.05) is 0 Å². The van der Waals surface area contributed by atoms with Crippen LogP contribution in [0.1, 0.15) is 43.7 Å². The highest BCUT2D eigenvalue weighted by atomic mass is 19.1. The van der Waals surface area contributed by atoms with Crippen LogP contribution in [0.25, 0.3) is 0 Å². The van der Waals surface area contributed by atoms with Crippen molar-refractivity contribution in [3.8, 4) is 6.01 Å². The summed E-state index contributed by atoms with van der Waals surface area (Å²) in [6, 6.07) is 4.91. The maximum absolute atomic E-state index is 13.8. The molecule has 144 valence electrons. The molecule has 7 nitrogen and oxygen atoms in total.